The van der Waals surface area contributed by atoms with Gasteiger partial charge < -0.3 is 0 Å². The Morgan fingerprint density at radius 1 is 0.702 bits per heavy atom. The van der Waals surface area contributed by atoms with Gasteiger partial charge in [-0.2, -0.15) is 0 Å². The van der Waals surface area contributed by atoms with Gasteiger partial charge in [-0.3, -0.25) is 0 Å². The molecule has 0 aliphatic heterocycles. The Morgan fingerprint density at radius 3 is 2.33 bits per heavy atom. The molecule has 3 aromatic carbocycles. The lowest BCUT2D eigenvalue weighted by atomic mass is 9.56. The number of aromatic nitrogens is 2. The second-order valence-corrected chi connectivity index (χ2v) is 18.8. The number of nitrogens with zero attached hydrogens (tertiary/aromatic N) is 2. The SMILES string of the molecule is CC12C3CC=CC=C3C3C=C4C(=CC31)C1=C(C=CCC1c1cccc(c1)C1C3C=CC(c5cc(-c6ccccc6)nc(-c6ccccc6)n5)=CC312)C41CCCCC1. The van der Waals surface area contributed by atoms with Crippen molar-refractivity contribution in [3.05, 3.63) is 196 Å². The van der Waals surface area contributed by atoms with Crippen molar-refractivity contribution in [2.45, 2.75) is 63.7 Å². The fourth-order valence-electron chi connectivity index (χ4n) is 14.2. The van der Waals surface area contributed by atoms with Crippen molar-refractivity contribution in [3.63, 3.8) is 0 Å². The van der Waals surface area contributed by atoms with Crippen LogP contribution in [0.5, 0.6) is 0 Å². The molecule has 1 heterocycles. The summed E-state index contributed by atoms with van der Waals surface area (Å²) in [5.74, 6) is 3.38. The number of hydrogen-bond donors (Lipinski definition) is 0. The van der Waals surface area contributed by atoms with Crippen LogP contribution >= 0.6 is 0 Å². The zero-order valence-electron chi connectivity index (χ0n) is 32.7. The van der Waals surface area contributed by atoms with Gasteiger partial charge >= 0.3 is 0 Å². The Hall–Kier alpha value is -5.34. The van der Waals surface area contributed by atoms with Gasteiger partial charge in [0.25, 0.3) is 0 Å². The van der Waals surface area contributed by atoms with Crippen LogP contribution in [0.4, 0.5) is 0 Å². The summed E-state index contributed by atoms with van der Waals surface area (Å²) in [4.78, 5) is 10.6. The maximum atomic E-state index is 5.41. The second kappa shape index (κ2) is 11.6. The molecule has 4 bridgehead atoms. The zero-order valence-corrected chi connectivity index (χ0v) is 32.7. The van der Waals surface area contributed by atoms with Gasteiger partial charge in [0.1, 0.15) is 0 Å². The van der Waals surface area contributed by atoms with Crippen molar-refractivity contribution in [1.82, 2.24) is 9.97 Å². The molecule has 2 nitrogen and oxygen atoms in total. The molecule has 3 fully saturated rings. The molecule has 1 aromatic heterocycles. The van der Waals surface area contributed by atoms with Gasteiger partial charge in [0, 0.05) is 39.7 Å². The molecular formula is C55H48N2. The molecule has 9 aliphatic carbocycles. The van der Waals surface area contributed by atoms with Crippen molar-refractivity contribution in [1.29, 1.82) is 0 Å². The van der Waals surface area contributed by atoms with Crippen LogP contribution in [0.1, 0.15) is 80.5 Å². The molecule has 0 amide bonds. The monoisotopic (exact) mass is 736 g/mol. The standard InChI is InChI=1S/C55H48N2/c1-53-43-23-10-9-21-40(43)41-30-47-42(31-46(41)53)50-39(22-14-24-44(50)54(47)27-11-4-12-28-54)36-19-13-20-37(29-36)51-45-26-25-38(33-55(45,51)53)49-32-48(34-15-5-2-6-16-34)56-52(57-49)35-17-7-3-8-18-35/h2-3,5-10,13-21,24-26,29-33,39,41,43,45-46,51H,4,11-12,22-23,27-28H2,1H3. The van der Waals surface area contributed by atoms with E-state index in [1.807, 2.05) is 0 Å². The van der Waals surface area contributed by atoms with E-state index in [9.17, 15) is 0 Å². The Kier molecular flexibility index (Phi) is 6.67. The van der Waals surface area contributed by atoms with E-state index in [0.717, 1.165) is 41.2 Å². The lowest BCUT2D eigenvalue weighted by molar-refractivity contribution is 0.0911. The summed E-state index contributed by atoms with van der Waals surface area (Å²) in [5, 5.41) is 0. The number of allylic oxidation sites excluding steroid dienone is 16. The third kappa shape index (κ3) is 4.22. The third-order valence-electron chi connectivity index (χ3n) is 16.6. The van der Waals surface area contributed by atoms with E-state index in [0.29, 0.717) is 35.5 Å². The molecule has 9 aliphatic rings. The van der Waals surface area contributed by atoms with E-state index in [1.165, 1.54) is 48.8 Å². The summed E-state index contributed by atoms with van der Waals surface area (Å²) >= 11 is 0. The van der Waals surface area contributed by atoms with Crippen LogP contribution in [-0.2, 0) is 0 Å². The minimum Gasteiger partial charge on any atom is -0.228 e. The topological polar surface area (TPSA) is 25.8 Å². The van der Waals surface area contributed by atoms with Gasteiger partial charge in [-0.05, 0) is 93.9 Å². The Labute approximate surface area is 337 Å². The van der Waals surface area contributed by atoms with Crippen molar-refractivity contribution in [3.8, 4) is 22.6 Å². The van der Waals surface area contributed by atoms with Gasteiger partial charge in [0.15, 0.2) is 5.82 Å². The average Bonchev–Trinajstić information content (AvgIpc) is 3.82. The molecule has 0 radical (unpaired) electrons. The molecule has 3 saturated carbocycles. The normalized spacial score (nSPS) is 34.0. The van der Waals surface area contributed by atoms with Crippen LogP contribution in [0, 0.1) is 39.9 Å². The van der Waals surface area contributed by atoms with Gasteiger partial charge in [-0.15, -0.1) is 0 Å². The van der Waals surface area contributed by atoms with Crippen LogP contribution in [0.25, 0.3) is 28.2 Å². The Balaban J connectivity index is 1.06. The molecule has 4 aromatic rings. The fourth-order valence-corrected chi connectivity index (χ4v) is 14.2. The molecule has 8 atom stereocenters. The first-order valence-corrected chi connectivity index (χ1v) is 21.8. The molecule has 0 saturated heterocycles. The molecule has 278 valence electrons. The zero-order chi connectivity index (χ0) is 37.5. The van der Waals surface area contributed by atoms with Gasteiger partial charge in [0.2, 0.25) is 0 Å². The van der Waals surface area contributed by atoms with Crippen LogP contribution in [0.15, 0.2) is 180 Å². The van der Waals surface area contributed by atoms with Crippen LogP contribution < -0.4 is 0 Å². The first-order chi connectivity index (χ1) is 28.1. The largest absolute Gasteiger partial charge is 0.228 e. The van der Waals surface area contributed by atoms with Crippen molar-refractivity contribution in [2.75, 3.05) is 0 Å². The highest BCUT2D eigenvalue weighted by Gasteiger charge is 2.77. The Bertz CT molecular complexity index is 2600. The molecule has 2 spiro atoms. The lowest BCUT2D eigenvalue weighted by Gasteiger charge is -2.46. The predicted molar refractivity (Wildman–Crippen MR) is 231 cm³/mol. The maximum absolute atomic E-state index is 5.41. The van der Waals surface area contributed by atoms with Crippen LogP contribution in [0.2, 0.25) is 0 Å². The maximum Gasteiger partial charge on any atom is 0.160 e. The van der Waals surface area contributed by atoms with Crippen molar-refractivity contribution < 1.29 is 0 Å². The van der Waals surface area contributed by atoms with E-state index in [4.69, 9.17) is 9.97 Å². The van der Waals surface area contributed by atoms with Crippen LogP contribution in [0.3, 0.4) is 0 Å². The van der Waals surface area contributed by atoms with Gasteiger partial charge in [0.05, 0.1) is 11.4 Å². The average molecular weight is 737 g/mol. The minimum absolute atomic E-state index is 0.00439. The summed E-state index contributed by atoms with van der Waals surface area (Å²) in [6.07, 6.45) is 34.9. The predicted octanol–water partition coefficient (Wildman–Crippen LogP) is 13.1. The van der Waals surface area contributed by atoms with E-state index >= 15 is 0 Å². The summed E-state index contributed by atoms with van der Waals surface area (Å²) in [6, 6.07) is 33.4. The summed E-state index contributed by atoms with van der Waals surface area (Å²) in [7, 11) is 0. The second-order valence-electron chi connectivity index (χ2n) is 18.8. The van der Waals surface area contributed by atoms with E-state index < -0.39 is 0 Å². The first-order valence-electron chi connectivity index (χ1n) is 21.8. The highest BCUT2D eigenvalue weighted by atomic mass is 14.9. The highest BCUT2D eigenvalue weighted by molar-refractivity contribution is 5.80. The van der Waals surface area contributed by atoms with Crippen LogP contribution in [-0.4, -0.2) is 9.97 Å². The number of benzene rings is 3. The Morgan fingerprint density at radius 2 is 1.49 bits per heavy atom. The van der Waals surface area contributed by atoms with E-state index in [-0.39, 0.29) is 16.2 Å². The van der Waals surface area contributed by atoms with Crippen molar-refractivity contribution >= 4 is 5.57 Å². The molecular weight excluding hydrogens is 689 g/mol. The van der Waals surface area contributed by atoms with Gasteiger partial charge in [-0.1, -0.05) is 177 Å². The minimum atomic E-state index is -0.0661. The molecule has 13 rings (SSSR count). The molecule has 57 heavy (non-hydrogen) atoms. The third-order valence-corrected chi connectivity index (χ3v) is 16.6. The number of hydrogen-bond acceptors (Lipinski definition) is 2. The molecule has 2 heteroatoms. The number of rotatable bonds is 3. The fraction of sp³-hybridized carbons (Fsp3) is 0.309. The molecule has 0 N–H and O–H groups in total. The first kappa shape index (κ1) is 32.7. The lowest BCUT2D eigenvalue weighted by Crippen LogP contribution is -2.41. The van der Waals surface area contributed by atoms with Crippen molar-refractivity contribution in [2.24, 2.45) is 39.9 Å². The van der Waals surface area contributed by atoms with E-state index in [2.05, 4.69) is 159 Å². The summed E-state index contributed by atoms with van der Waals surface area (Å²) in [5.41, 5.74) is 16.9. The molecule has 8 unspecified atom stereocenters. The van der Waals surface area contributed by atoms with E-state index in [1.54, 1.807) is 27.9 Å². The smallest absolute Gasteiger partial charge is 0.160 e. The summed E-state index contributed by atoms with van der Waals surface area (Å²) in [6.45, 7) is 2.73. The van der Waals surface area contributed by atoms with Gasteiger partial charge in [-0.25, -0.2) is 9.97 Å². The highest BCUT2D eigenvalue weighted by Crippen LogP contribution is 2.83. The summed E-state index contributed by atoms with van der Waals surface area (Å²) < 4.78 is 0. The number of fused-ring (bicyclic) bond motifs is 10. The quantitative estimate of drug-likeness (QED) is 0.209.